The number of nitrogens with zero attached hydrogens (tertiary/aromatic N) is 2. The molecule has 7 nitrogen and oxygen atoms in total. The lowest BCUT2D eigenvalue weighted by Gasteiger charge is -2.28. The topological polar surface area (TPSA) is 92.6 Å². The summed E-state index contributed by atoms with van der Waals surface area (Å²) in [6, 6.07) is 22.4. The van der Waals surface area contributed by atoms with E-state index in [0.717, 1.165) is 10.5 Å². The minimum absolute atomic E-state index is 0.0170. The van der Waals surface area contributed by atoms with Crippen LogP contribution in [0.3, 0.4) is 0 Å². The van der Waals surface area contributed by atoms with Crippen LogP contribution in [0.2, 0.25) is 0 Å². The second kappa shape index (κ2) is 10.8. The Morgan fingerprint density at radius 2 is 1.64 bits per heavy atom. The van der Waals surface area contributed by atoms with Crippen LogP contribution in [0, 0.1) is 10.1 Å². The zero-order valence-electron chi connectivity index (χ0n) is 18.6. The average molecular weight is 464 g/mol. The van der Waals surface area contributed by atoms with Crippen LogP contribution in [0.25, 0.3) is 0 Å². The molecule has 33 heavy (non-hydrogen) atoms. The number of nitro benzene ring substituents is 1. The molecule has 0 bridgehead atoms. The monoisotopic (exact) mass is 463 g/mol. The van der Waals surface area contributed by atoms with Crippen molar-refractivity contribution in [3.8, 4) is 0 Å². The molecule has 0 heterocycles. The number of benzene rings is 3. The third-order valence-corrected chi connectivity index (χ3v) is 6.40. The van der Waals surface area contributed by atoms with Gasteiger partial charge >= 0.3 is 0 Å². The van der Waals surface area contributed by atoms with E-state index in [1.807, 2.05) is 56.3 Å². The number of amides is 2. The first-order valence-corrected chi connectivity index (χ1v) is 11.3. The third kappa shape index (κ3) is 6.20. The van der Waals surface area contributed by atoms with Crippen LogP contribution in [0.1, 0.15) is 35.8 Å². The van der Waals surface area contributed by atoms with Gasteiger partial charge in [0.2, 0.25) is 5.91 Å². The molecule has 2 unspecified atom stereocenters. The number of rotatable bonds is 8. The Bertz CT molecular complexity index is 1140. The number of nitro groups is 1. The van der Waals surface area contributed by atoms with E-state index in [4.69, 9.17) is 0 Å². The largest absolute Gasteiger partial charge is 0.338 e. The lowest BCUT2D eigenvalue weighted by molar-refractivity contribution is -0.384. The molecule has 0 aliphatic rings. The first-order valence-electron chi connectivity index (χ1n) is 10.4. The van der Waals surface area contributed by atoms with Crippen LogP contribution >= 0.6 is 11.8 Å². The fourth-order valence-corrected chi connectivity index (χ4v) is 4.24. The van der Waals surface area contributed by atoms with Crippen molar-refractivity contribution in [1.82, 2.24) is 4.90 Å². The lowest BCUT2D eigenvalue weighted by atomic mass is 10.1. The minimum Gasteiger partial charge on any atom is -0.338 e. The van der Waals surface area contributed by atoms with E-state index in [-0.39, 0.29) is 28.8 Å². The number of carbonyl (C=O) groups excluding carboxylic acids is 2. The van der Waals surface area contributed by atoms with Gasteiger partial charge in [0.1, 0.15) is 0 Å². The number of non-ortho nitro benzene ring substituents is 1. The molecule has 170 valence electrons. The molecule has 0 fully saturated rings. The highest BCUT2D eigenvalue weighted by Gasteiger charge is 2.24. The molecule has 8 heteroatoms. The second-order valence-electron chi connectivity index (χ2n) is 7.58. The highest BCUT2D eigenvalue weighted by Crippen LogP contribution is 2.29. The van der Waals surface area contributed by atoms with Crippen LogP contribution in [-0.4, -0.2) is 33.9 Å². The van der Waals surface area contributed by atoms with Crippen molar-refractivity contribution in [2.45, 2.75) is 30.0 Å². The van der Waals surface area contributed by atoms with Crippen LogP contribution in [-0.2, 0) is 4.79 Å². The minimum atomic E-state index is -0.450. The van der Waals surface area contributed by atoms with Crippen molar-refractivity contribution in [2.75, 3.05) is 12.4 Å². The summed E-state index contributed by atoms with van der Waals surface area (Å²) in [6.45, 7) is 3.74. The number of anilines is 1. The molecule has 0 radical (unpaired) electrons. The molecule has 3 aromatic carbocycles. The van der Waals surface area contributed by atoms with Gasteiger partial charge in [0.05, 0.1) is 16.2 Å². The Kier molecular flexibility index (Phi) is 7.84. The summed E-state index contributed by atoms with van der Waals surface area (Å²) in [4.78, 5) is 38.3. The van der Waals surface area contributed by atoms with Crippen molar-refractivity contribution in [2.24, 2.45) is 0 Å². The number of thioether (sulfide) groups is 1. The molecule has 1 N–H and O–H groups in total. The third-order valence-electron chi connectivity index (χ3n) is 5.30. The van der Waals surface area contributed by atoms with Crippen LogP contribution < -0.4 is 5.32 Å². The number of hydrogen-bond donors (Lipinski definition) is 1. The molecule has 0 aromatic heterocycles. The van der Waals surface area contributed by atoms with E-state index in [9.17, 15) is 19.7 Å². The summed E-state index contributed by atoms with van der Waals surface area (Å²) in [5.74, 6) is -0.262. The van der Waals surface area contributed by atoms with Crippen LogP contribution in [0.4, 0.5) is 11.4 Å². The van der Waals surface area contributed by atoms with Gasteiger partial charge in [-0.15, -0.1) is 11.8 Å². The Hall–Kier alpha value is -3.65. The van der Waals surface area contributed by atoms with E-state index in [2.05, 4.69) is 5.32 Å². The van der Waals surface area contributed by atoms with Gasteiger partial charge in [-0.25, -0.2) is 0 Å². The molecule has 3 rings (SSSR count). The Balaban J connectivity index is 1.65. The van der Waals surface area contributed by atoms with Crippen molar-refractivity contribution in [3.63, 3.8) is 0 Å². The molecule has 2 atom stereocenters. The summed E-state index contributed by atoms with van der Waals surface area (Å²) in [5, 5.41) is 13.3. The zero-order chi connectivity index (χ0) is 24.0. The number of hydrogen-bond acceptors (Lipinski definition) is 5. The van der Waals surface area contributed by atoms with Gasteiger partial charge in [-0.05, 0) is 55.8 Å². The smallest absolute Gasteiger partial charge is 0.269 e. The second-order valence-corrected chi connectivity index (χ2v) is 9.00. The highest BCUT2D eigenvalue weighted by molar-refractivity contribution is 8.00. The van der Waals surface area contributed by atoms with E-state index in [1.165, 1.54) is 23.9 Å². The summed E-state index contributed by atoms with van der Waals surface area (Å²) >= 11 is 1.35. The first kappa shape index (κ1) is 24.0. The Morgan fingerprint density at radius 3 is 2.27 bits per heavy atom. The van der Waals surface area contributed by atoms with Crippen molar-refractivity contribution in [1.29, 1.82) is 0 Å². The quantitative estimate of drug-likeness (QED) is 0.269. The Labute approximate surface area is 197 Å². The zero-order valence-corrected chi connectivity index (χ0v) is 19.4. The van der Waals surface area contributed by atoms with Gasteiger partial charge in [-0.2, -0.15) is 0 Å². The fourth-order valence-electron chi connectivity index (χ4n) is 3.27. The summed E-state index contributed by atoms with van der Waals surface area (Å²) in [6.07, 6.45) is 0. The lowest BCUT2D eigenvalue weighted by Crippen LogP contribution is -2.35. The molecule has 0 aliphatic heterocycles. The van der Waals surface area contributed by atoms with E-state index >= 15 is 0 Å². The summed E-state index contributed by atoms with van der Waals surface area (Å²) < 4.78 is 0. The summed E-state index contributed by atoms with van der Waals surface area (Å²) in [5.41, 5.74) is 2.13. The van der Waals surface area contributed by atoms with E-state index in [1.54, 1.807) is 36.2 Å². The molecule has 3 aromatic rings. The van der Waals surface area contributed by atoms with Gasteiger partial charge < -0.3 is 10.2 Å². The molecule has 0 spiro atoms. The van der Waals surface area contributed by atoms with Gasteiger partial charge in [-0.1, -0.05) is 30.3 Å². The number of carbonyl (C=O) groups is 2. The maximum Gasteiger partial charge on any atom is 0.269 e. The first-order chi connectivity index (χ1) is 15.8. The summed E-state index contributed by atoms with van der Waals surface area (Å²) in [7, 11) is 1.75. The maximum absolute atomic E-state index is 13.0. The fraction of sp³-hybridized carbons (Fsp3) is 0.200. The van der Waals surface area contributed by atoms with E-state index in [0.29, 0.717) is 11.3 Å². The number of nitrogens with one attached hydrogen (secondary N) is 1. The van der Waals surface area contributed by atoms with Crippen molar-refractivity contribution >= 4 is 35.0 Å². The normalized spacial score (nSPS) is 12.5. The van der Waals surface area contributed by atoms with Crippen LogP contribution in [0.15, 0.2) is 83.8 Å². The molecule has 2 amide bonds. The standard InChI is InChI=1S/C25H25N3O4S/c1-17(20-10-7-11-21(16-20)26-24(29)19-8-5-4-6-9-19)27(3)25(30)18(2)33-23-14-12-22(13-15-23)28(31)32/h4-18H,1-3H3,(H,26,29). The predicted octanol–water partition coefficient (Wildman–Crippen LogP) is 5.55. The predicted molar refractivity (Wildman–Crippen MR) is 130 cm³/mol. The van der Waals surface area contributed by atoms with Gasteiger partial charge in [-0.3, -0.25) is 19.7 Å². The Morgan fingerprint density at radius 1 is 0.970 bits per heavy atom. The maximum atomic E-state index is 13.0. The van der Waals surface area contributed by atoms with Gasteiger partial charge in [0.25, 0.3) is 11.6 Å². The molecule has 0 aliphatic carbocycles. The van der Waals surface area contributed by atoms with Gasteiger partial charge in [0.15, 0.2) is 0 Å². The molecular weight excluding hydrogens is 438 g/mol. The van der Waals surface area contributed by atoms with Crippen molar-refractivity contribution < 1.29 is 14.5 Å². The van der Waals surface area contributed by atoms with Crippen molar-refractivity contribution in [3.05, 3.63) is 100 Å². The molecule has 0 saturated carbocycles. The molecule has 0 saturated heterocycles. The van der Waals surface area contributed by atoms with Crippen LogP contribution in [0.5, 0.6) is 0 Å². The highest BCUT2D eigenvalue weighted by atomic mass is 32.2. The van der Waals surface area contributed by atoms with E-state index < -0.39 is 4.92 Å². The average Bonchev–Trinajstić information content (AvgIpc) is 2.83. The SMILES string of the molecule is CC(Sc1ccc([N+](=O)[O-])cc1)C(=O)N(C)C(C)c1cccc(NC(=O)c2ccccc2)c1. The van der Waals surface area contributed by atoms with Gasteiger partial charge in [0, 0.05) is 35.3 Å². The molecular formula is C25H25N3O4S.